The highest BCUT2D eigenvalue weighted by molar-refractivity contribution is 7.92. The maximum Gasteiger partial charge on any atom is 0.417 e. The van der Waals surface area contributed by atoms with Crippen LogP contribution in [0.15, 0.2) is 18.2 Å². The van der Waals surface area contributed by atoms with Gasteiger partial charge in [0.2, 0.25) is 15.9 Å². The molecule has 0 heterocycles. The van der Waals surface area contributed by atoms with Crippen molar-refractivity contribution in [3.05, 3.63) is 28.8 Å². The number of hydrogen-bond acceptors (Lipinski definition) is 3. The van der Waals surface area contributed by atoms with Gasteiger partial charge in [-0.25, -0.2) is 8.42 Å². The van der Waals surface area contributed by atoms with E-state index in [4.69, 9.17) is 11.6 Å². The molecule has 2 bridgehead atoms. The molecule has 1 N–H and O–H groups in total. The molecule has 27 heavy (non-hydrogen) atoms. The minimum atomic E-state index is -4.73. The highest BCUT2D eigenvalue weighted by Gasteiger charge is 2.40. The summed E-state index contributed by atoms with van der Waals surface area (Å²) in [5, 5.41) is 2.31. The summed E-state index contributed by atoms with van der Waals surface area (Å²) in [5.41, 5.74) is -1.40. The van der Waals surface area contributed by atoms with E-state index in [0.717, 1.165) is 44.1 Å². The van der Waals surface area contributed by atoms with Gasteiger partial charge in [-0.2, -0.15) is 13.2 Å². The molecule has 0 aliphatic heterocycles. The molecule has 2 saturated carbocycles. The quantitative estimate of drug-likeness (QED) is 0.787. The Hall–Kier alpha value is -1.48. The van der Waals surface area contributed by atoms with Crippen LogP contribution in [0.2, 0.25) is 5.02 Å². The molecule has 0 unspecified atom stereocenters. The number of halogens is 4. The van der Waals surface area contributed by atoms with Gasteiger partial charge in [-0.15, -0.1) is 0 Å². The normalized spacial score (nSPS) is 24.9. The van der Waals surface area contributed by atoms with Crippen LogP contribution in [0.3, 0.4) is 0 Å². The average molecular weight is 425 g/mol. The van der Waals surface area contributed by atoms with E-state index in [-0.39, 0.29) is 11.7 Å². The molecule has 2 aliphatic rings. The Morgan fingerprint density at radius 1 is 1.30 bits per heavy atom. The zero-order valence-electron chi connectivity index (χ0n) is 14.6. The van der Waals surface area contributed by atoms with Gasteiger partial charge < -0.3 is 5.32 Å². The topological polar surface area (TPSA) is 66.5 Å². The van der Waals surface area contributed by atoms with Crippen molar-refractivity contribution in [2.75, 3.05) is 17.1 Å². The predicted molar refractivity (Wildman–Crippen MR) is 96.0 cm³/mol. The monoisotopic (exact) mass is 424 g/mol. The summed E-state index contributed by atoms with van der Waals surface area (Å²) in [5.74, 6) is 0.469. The molecule has 1 amide bonds. The number of sulfonamides is 1. The summed E-state index contributed by atoms with van der Waals surface area (Å²) in [6.07, 6.45) is 0.234. The SMILES string of the molecule is CS(=O)(=O)N(CC(=O)N[C@@H]1C[C@@H]2CC[C@@H]1C2)c1ccc(Cl)c(C(F)(F)F)c1. The third-order valence-electron chi connectivity index (χ3n) is 5.32. The first-order valence-corrected chi connectivity index (χ1v) is 10.8. The summed E-state index contributed by atoms with van der Waals surface area (Å²) in [6.45, 7) is -0.578. The van der Waals surface area contributed by atoms with Crippen LogP contribution in [-0.2, 0) is 21.0 Å². The molecule has 0 radical (unpaired) electrons. The van der Waals surface area contributed by atoms with Crippen LogP contribution < -0.4 is 9.62 Å². The summed E-state index contributed by atoms with van der Waals surface area (Å²) in [7, 11) is -3.97. The summed E-state index contributed by atoms with van der Waals surface area (Å²) in [4.78, 5) is 12.4. The van der Waals surface area contributed by atoms with Crippen molar-refractivity contribution in [1.29, 1.82) is 0 Å². The van der Waals surface area contributed by atoms with Gasteiger partial charge in [0.25, 0.3) is 0 Å². The maximum absolute atomic E-state index is 13.1. The predicted octanol–water partition coefficient (Wildman–Crippen LogP) is 3.43. The molecular formula is C17H20ClF3N2O3S. The van der Waals surface area contributed by atoms with E-state index in [2.05, 4.69) is 5.32 Å². The van der Waals surface area contributed by atoms with E-state index < -0.39 is 39.2 Å². The Morgan fingerprint density at radius 2 is 2.00 bits per heavy atom. The largest absolute Gasteiger partial charge is 0.417 e. The molecule has 0 aromatic heterocycles. The second-order valence-corrected chi connectivity index (χ2v) is 9.59. The Balaban J connectivity index is 1.80. The van der Waals surface area contributed by atoms with Crippen LogP contribution in [0.1, 0.15) is 31.2 Å². The maximum atomic E-state index is 13.1. The number of carbonyl (C=O) groups is 1. The van der Waals surface area contributed by atoms with E-state index in [0.29, 0.717) is 22.2 Å². The number of amides is 1. The zero-order valence-corrected chi connectivity index (χ0v) is 16.2. The highest BCUT2D eigenvalue weighted by atomic mass is 35.5. The minimum absolute atomic E-state index is 0.00798. The molecule has 3 rings (SSSR count). The Bertz CT molecular complexity index is 844. The lowest BCUT2D eigenvalue weighted by atomic mass is 9.95. The van der Waals surface area contributed by atoms with Gasteiger partial charge in [-0.1, -0.05) is 18.0 Å². The Kier molecular flexibility index (Phi) is 5.37. The second-order valence-electron chi connectivity index (χ2n) is 7.28. The molecule has 10 heteroatoms. The van der Waals surface area contributed by atoms with Crippen molar-refractivity contribution < 1.29 is 26.4 Å². The van der Waals surface area contributed by atoms with Crippen molar-refractivity contribution in [3.63, 3.8) is 0 Å². The first kappa shape index (κ1) is 20.3. The molecule has 3 atom stereocenters. The summed E-state index contributed by atoms with van der Waals surface area (Å²) < 4.78 is 64.1. The van der Waals surface area contributed by atoms with E-state index >= 15 is 0 Å². The number of anilines is 1. The van der Waals surface area contributed by atoms with Gasteiger partial charge in [-0.3, -0.25) is 9.10 Å². The first-order valence-electron chi connectivity index (χ1n) is 8.59. The van der Waals surface area contributed by atoms with Crippen LogP contribution in [0.4, 0.5) is 18.9 Å². The molecule has 5 nitrogen and oxygen atoms in total. The fourth-order valence-corrected chi connectivity index (χ4v) is 5.16. The van der Waals surface area contributed by atoms with Crippen molar-refractivity contribution in [1.82, 2.24) is 5.32 Å². The number of alkyl halides is 3. The summed E-state index contributed by atoms with van der Waals surface area (Å²) >= 11 is 5.59. The fraction of sp³-hybridized carbons (Fsp3) is 0.588. The van der Waals surface area contributed by atoms with Gasteiger partial charge in [0.05, 0.1) is 22.5 Å². The number of rotatable bonds is 5. The van der Waals surface area contributed by atoms with Crippen LogP contribution in [0.5, 0.6) is 0 Å². The fourth-order valence-electron chi connectivity index (χ4n) is 4.09. The Labute approximate surface area is 160 Å². The minimum Gasteiger partial charge on any atom is -0.352 e. The number of fused-ring (bicyclic) bond motifs is 2. The molecule has 1 aromatic carbocycles. The van der Waals surface area contributed by atoms with Crippen molar-refractivity contribution in [3.8, 4) is 0 Å². The van der Waals surface area contributed by atoms with Gasteiger partial charge in [0.15, 0.2) is 0 Å². The van der Waals surface area contributed by atoms with E-state index in [9.17, 15) is 26.4 Å². The van der Waals surface area contributed by atoms with Crippen LogP contribution >= 0.6 is 11.6 Å². The van der Waals surface area contributed by atoms with E-state index in [1.165, 1.54) is 0 Å². The van der Waals surface area contributed by atoms with Crippen molar-refractivity contribution in [2.24, 2.45) is 11.8 Å². The van der Waals surface area contributed by atoms with Crippen LogP contribution in [0.25, 0.3) is 0 Å². The third kappa shape index (κ3) is 4.51. The third-order valence-corrected chi connectivity index (χ3v) is 6.79. The first-order chi connectivity index (χ1) is 12.4. The molecule has 2 aliphatic carbocycles. The lowest BCUT2D eigenvalue weighted by Crippen LogP contribution is -2.45. The molecule has 2 fully saturated rings. The van der Waals surface area contributed by atoms with Gasteiger partial charge in [0, 0.05) is 6.04 Å². The lowest BCUT2D eigenvalue weighted by Gasteiger charge is -2.26. The van der Waals surface area contributed by atoms with Gasteiger partial charge >= 0.3 is 6.18 Å². The number of nitrogens with zero attached hydrogens (tertiary/aromatic N) is 1. The van der Waals surface area contributed by atoms with Crippen molar-refractivity contribution in [2.45, 2.75) is 37.9 Å². The molecule has 0 spiro atoms. The lowest BCUT2D eigenvalue weighted by molar-refractivity contribution is -0.137. The van der Waals surface area contributed by atoms with Crippen molar-refractivity contribution >= 4 is 33.2 Å². The number of nitrogens with one attached hydrogen (secondary N) is 1. The molecule has 0 saturated heterocycles. The number of carbonyl (C=O) groups excluding carboxylic acids is 1. The standard InChI is InChI=1S/C17H20ClF3N2O3S/c1-27(25,26)23(12-4-5-14(18)13(8-12)17(19,20)21)9-16(24)22-15-7-10-2-3-11(15)6-10/h4-5,8,10-11,15H,2-3,6-7,9H2,1H3,(H,22,24)/t10-,11-,15-/m1/s1. The molecular weight excluding hydrogens is 405 g/mol. The second kappa shape index (κ2) is 7.16. The molecule has 150 valence electrons. The molecule has 1 aromatic rings. The van der Waals surface area contributed by atoms with Crippen LogP contribution in [0, 0.1) is 11.8 Å². The van der Waals surface area contributed by atoms with Crippen LogP contribution in [-0.4, -0.2) is 33.2 Å². The van der Waals surface area contributed by atoms with E-state index in [1.807, 2.05) is 0 Å². The zero-order chi connectivity index (χ0) is 20.0. The Morgan fingerprint density at radius 3 is 2.52 bits per heavy atom. The number of benzene rings is 1. The van der Waals surface area contributed by atoms with Gasteiger partial charge in [0.1, 0.15) is 6.54 Å². The average Bonchev–Trinajstić information content (AvgIpc) is 3.14. The highest BCUT2D eigenvalue weighted by Crippen LogP contribution is 2.44. The summed E-state index contributed by atoms with van der Waals surface area (Å²) in [6, 6.07) is 2.79. The number of hydrogen-bond donors (Lipinski definition) is 1. The van der Waals surface area contributed by atoms with Gasteiger partial charge in [-0.05, 0) is 49.3 Å². The van der Waals surface area contributed by atoms with E-state index in [1.54, 1.807) is 0 Å². The smallest absolute Gasteiger partial charge is 0.352 e.